The molecule has 3 heterocycles. The largest absolute Gasteiger partial charge is 0.386 e. The molecule has 4 nitrogen and oxygen atoms in total. The molecule has 1 N–H and O–H groups in total. The summed E-state index contributed by atoms with van der Waals surface area (Å²) in [6.45, 7) is 3.56. The number of pyridine rings is 2. The standard InChI is InChI=1S/C19H17N3O/c1-19(2,23)15-12-21-10-8-18(15)22-16-6-4-3-5-13(16)14-11-20-9-7-17(14)22/h3-12,23H,1-2H3. The Kier molecular flexibility index (Phi) is 2.96. The summed E-state index contributed by atoms with van der Waals surface area (Å²) in [4.78, 5) is 8.46. The minimum absolute atomic E-state index is 0.791. The summed E-state index contributed by atoms with van der Waals surface area (Å²) in [5.74, 6) is 0. The van der Waals surface area contributed by atoms with Gasteiger partial charge in [-0.1, -0.05) is 18.2 Å². The van der Waals surface area contributed by atoms with Crippen LogP contribution in [0.2, 0.25) is 0 Å². The van der Waals surface area contributed by atoms with E-state index in [0.717, 1.165) is 33.1 Å². The highest BCUT2D eigenvalue weighted by atomic mass is 16.3. The van der Waals surface area contributed by atoms with Crippen LogP contribution < -0.4 is 0 Å². The van der Waals surface area contributed by atoms with Gasteiger partial charge in [-0.3, -0.25) is 9.97 Å². The minimum Gasteiger partial charge on any atom is -0.386 e. The van der Waals surface area contributed by atoms with Crippen molar-refractivity contribution in [1.29, 1.82) is 0 Å². The zero-order valence-corrected chi connectivity index (χ0v) is 13.1. The van der Waals surface area contributed by atoms with Crippen molar-refractivity contribution in [3.63, 3.8) is 0 Å². The van der Waals surface area contributed by atoms with E-state index in [1.807, 2.05) is 30.5 Å². The first-order valence-corrected chi connectivity index (χ1v) is 7.58. The van der Waals surface area contributed by atoms with E-state index in [4.69, 9.17) is 0 Å². The molecule has 0 fully saturated rings. The van der Waals surface area contributed by atoms with Crippen LogP contribution in [0.25, 0.3) is 27.5 Å². The Morgan fingerprint density at radius 2 is 1.57 bits per heavy atom. The summed E-state index contributed by atoms with van der Waals surface area (Å²) in [5.41, 5.74) is 2.91. The Hall–Kier alpha value is -2.72. The fourth-order valence-corrected chi connectivity index (χ4v) is 3.13. The first-order valence-electron chi connectivity index (χ1n) is 7.58. The van der Waals surface area contributed by atoms with Crippen LogP contribution in [-0.2, 0) is 5.60 Å². The number of hydrogen-bond acceptors (Lipinski definition) is 3. The molecular formula is C19H17N3O. The maximum Gasteiger partial charge on any atom is 0.0875 e. The Morgan fingerprint density at radius 3 is 2.39 bits per heavy atom. The predicted octanol–water partition coefficient (Wildman–Crippen LogP) is 3.80. The van der Waals surface area contributed by atoms with Crippen LogP contribution in [0.4, 0.5) is 0 Å². The zero-order valence-electron chi connectivity index (χ0n) is 13.1. The van der Waals surface area contributed by atoms with Crippen LogP contribution in [0.3, 0.4) is 0 Å². The van der Waals surface area contributed by atoms with E-state index in [2.05, 4.69) is 26.7 Å². The molecule has 23 heavy (non-hydrogen) atoms. The van der Waals surface area contributed by atoms with Crippen LogP contribution in [0, 0.1) is 0 Å². The normalized spacial score (nSPS) is 12.1. The van der Waals surface area contributed by atoms with Gasteiger partial charge in [0.05, 0.1) is 22.3 Å². The lowest BCUT2D eigenvalue weighted by Crippen LogP contribution is -2.19. The van der Waals surface area contributed by atoms with Gasteiger partial charge in [-0.15, -0.1) is 0 Å². The smallest absolute Gasteiger partial charge is 0.0875 e. The monoisotopic (exact) mass is 303 g/mol. The zero-order chi connectivity index (χ0) is 16.0. The topological polar surface area (TPSA) is 50.9 Å². The molecule has 4 rings (SSSR count). The summed E-state index contributed by atoms with van der Waals surface area (Å²) in [6.07, 6.45) is 7.17. The van der Waals surface area contributed by atoms with Crippen LogP contribution in [0.1, 0.15) is 19.4 Å². The first-order chi connectivity index (χ1) is 11.1. The molecule has 0 spiro atoms. The van der Waals surface area contributed by atoms with E-state index >= 15 is 0 Å². The molecule has 0 amide bonds. The minimum atomic E-state index is -0.978. The third kappa shape index (κ3) is 2.11. The summed E-state index contributed by atoms with van der Waals surface area (Å²) in [5, 5.41) is 12.8. The van der Waals surface area contributed by atoms with E-state index in [9.17, 15) is 5.11 Å². The SMILES string of the molecule is CC(C)(O)c1cnccc1-n1c2ccccc2c2cnccc21. The number of aromatic nitrogens is 3. The molecule has 0 saturated carbocycles. The quantitative estimate of drug-likeness (QED) is 0.613. The average molecular weight is 303 g/mol. The molecule has 4 heteroatoms. The number of para-hydroxylation sites is 1. The van der Waals surface area contributed by atoms with E-state index in [1.54, 1.807) is 32.4 Å². The van der Waals surface area contributed by atoms with Gasteiger partial charge in [0.15, 0.2) is 0 Å². The van der Waals surface area contributed by atoms with Crippen molar-refractivity contribution in [1.82, 2.24) is 14.5 Å². The first kappa shape index (κ1) is 13.9. The van der Waals surface area contributed by atoms with Crippen LogP contribution in [-0.4, -0.2) is 19.6 Å². The molecule has 0 unspecified atom stereocenters. The van der Waals surface area contributed by atoms with Crippen molar-refractivity contribution in [2.75, 3.05) is 0 Å². The van der Waals surface area contributed by atoms with Gasteiger partial charge in [0, 0.05) is 41.1 Å². The third-order valence-electron chi connectivity index (χ3n) is 4.17. The van der Waals surface area contributed by atoms with Crippen molar-refractivity contribution in [3.05, 3.63) is 66.7 Å². The molecule has 0 radical (unpaired) electrons. The van der Waals surface area contributed by atoms with Gasteiger partial charge in [-0.2, -0.15) is 0 Å². The lowest BCUT2D eigenvalue weighted by atomic mass is 9.98. The highest BCUT2D eigenvalue weighted by Gasteiger charge is 2.23. The molecular weight excluding hydrogens is 286 g/mol. The van der Waals surface area contributed by atoms with E-state index < -0.39 is 5.60 Å². The Balaban J connectivity index is 2.18. The fourth-order valence-electron chi connectivity index (χ4n) is 3.13. The van der Waals surface area contributed by atoms with E-state index in [-0.39, 0.29) is 0 Å². The molecule has 0 aliphatic heterocycles. The van der Waals surface area contributed by atoms with E-state index in [1.165, 1.54) is 0 Å². The summed E-state index contributed by atoms with van der Waals surface area (Å²) in [7, 11) is 0. The number of fused-ring (bicyclic) bond motifs is 3. The van der Waals surface area contributed by atoms with Crippen molar-refractivity contribution in [2.24, 2.45) is 0 Å². The third-order valence-corrected chi connectivity index (χ3v) is 4.17. The number of nitrogens with zero attached hydrogens (tertiary/aromatic N) is 3. The van der Waals surface area contributed by atoms with E-state index in [0.29, 0.717) is 0 Å². The molecule has 0 aliphatic rings. The summed E-state index contributed by atoms with van der Waals surface area (Å²) in [6, 6.07) is 12.2. The Morgan fingerprint density at radius 1 is 0.870 bits per heavy atom. The van der Waals surface area contributed by atoms with Gasteiger partial charge < -0.3 is 9.67 Å². The number of benzene rings is 1. The molecule has 0 bridgehead atoms. The molecule has 3 aromatic heterocycles. The van der Waals surface area contributed by atoms with Gasteiger partial charge in [0.1, 0.15) is 0 Å². The maximum atomic E-state index is 10.5. The second-order valence-corrected chi connectivity index (χ2v) is 6.20. The van der Waals surface area contributed by atoms with Gasteiger partial charge in [-0.25, -0.2) is 0 Å². The second-order valence-electron chi connectivity index (χ2n) is 6.20. The van der Waals surface area contributed by atoms with Crippen LogP contribution in [0.5, 0.6) is 0 Å². The second kappa shape index (κ2) is 4.89. The van der Waals surface area contributed by atoms with Gasteiger partial charge in [-0.05, 0) is 32.0 Å². The summed E-state index contributed by atoms with van der Waals surface area (Å²) >= 11 is 0. The van der Waals surface area contributed by atoms with Crippen LogP contribution >= 0.6 is 0 Å². The molecule has 1 aromatic carbocycles. The molecule has 0 aliphatic carbocycles. The Bertz CT molecular complexity index is 959. The molecule has 0 atom stereocenters. The highest BCUT2D eigenvalue weighted by molar-refractivity contribution is 6.08. The predicted molar refractivity (Wildman–Crippen MR) is 91.6 cm³/mol. The number of hydrogen-bond donors (Lipinski definition) is 1. The van der Waals surface area contributed by atoms with Crippen molar-refractivity contribution in [3.8, 4) is 5.69 Å². The van der Waals surface area contributed by atoms with Gasteiger partial charge >= 0.3 is 0 Å². The number of aliphatic hydroxyl groups is 1. The molecule has 0 saturated heterocycles. The molecule has 114 valence electrons. The Labute approximate surface area is 134 Å². The summed E-state index contributed by atoms with van der Waals surface area (Å²) < 4.78 is 2.17. The van der Waals surface area contributed by atoms with Crippen molar-refractivity contribution < 1.29 is 5.11 Å². The van der Waals surface area contributed by atoms with Gasteiger partial charge in [0.25, 0.3) is 0 Å². The maximum absolute atomic E-state index is 10.5. The molecule has 4 aromatic rings. The average Bonchev–Trinajstić information content (AvgIpc) is 2.88. The van der Waals surface area contributed by atoms with Crippen molar-refractivity contribution >= 4 is 21.8 Å². The lowest BCUT2D eigenvalue weighted by molar-refractivity contribution is 0.0782. The van der Waals surface area contributed by atoms with Crippen molar-refractivity contribution in [2.45, 2.75) is 19.4 Å². The number of rotatable bonds is 2. The highest BCUT2D eigenvalue weighted by Crippen LogP contribution is 2.34. The lowest BCUT2D eigenvalue weighted by Gasteiger charge is -2.22. The fraction of sp³-hybridized carbons (Fsp3) is 0.158. The van der Waals surface area contributed by atoms with Gasteiger partial charge in [0.2, 0.25) is 0 Å². The van der Waals surface area contributed by atoms with Crippen LogP contribution in [0.15, 0.2) is 61.2 Å².